The van der Waals surface area contributed by atoms with Crippen LogP contribution in [-0.4, -0.2) is 22.5 Å². The minimum Gasteiger partial charge on any atom is -0.406 e. The maximum atomic E-state index is 12.3. The van der Waals surface area contributed by atoms with E-state index in [1.54, 1.807) is 19.9 Å². The van der Waals surface area contributed by atoms with Gasteiger partial charge in [0.1, 0.15) is 5.75 Å². The normalized spacial score (nSPS) is 19.9. The van der Waals surface area contributed by atoms with Gasteiger partial charge in [-0.25, -0.2) is 0 Å². The SMILES string of the molecule is CC(C)(O)c1ccc2c(c1)C(=O)NC2(O)c1ccc(OC(F)(F)F)cc1. The molecule has 2 aromatic carbocycles. The number of benzene rings is 2. The van der Waals surface area contributed by atoms with Gasteiger partial charge in [-0.05, 0) is 37.6 Å². The molecule has 138 valence electrons. The summed E-state index contributed by atoms with van der Waals surface area (Å²) < 4.78 is 40.6. The zero-order chi connectivity index (χ0) is 19.3. The number of nitrogens with one attached hydrogen (secondary N) is 1. The molecule has 0 radical (unpaired) electrons. The van der Waals surface area contributed by atoms with Crippen molar-refractivity contribution in [1.29, 1.82) is 0 Å². The Bertz CT molecular complexity index is 856. The largest absolute Gasteiger partial charge is 0.573 e. The van der Waals surface area contributed by atoms with E-state index in [1.165, 1.54) is 24.3 Å². The summed E-state index contributed by atoms with van der Waals surface area (Å²) in [6.45, 7) is 3.13. The summed E-state index contributed by atoms with van der Waals surface area (Å²) in [5.74, 6) is -0.990. The summed E-state index contributed by atoms with van der Waals surface area (Å²) in [6, 6.07) is 9.13. The van der Waals surface area contributed by atoms with Crippen LogP contribution in [0.1, 0.15) is 40.9 Å². The minimum atomic E-state index is -4.82. The zero-order valence-corrected chi connectivity index (χ0v) is 13.9. The lowest BCUT2D eigenvalue weighted by atomic mass is 9.90. The molecular formula is C18H16F3NO4. The topological polar surface area (TPSA) is 78.8 Å². The van der Waals surface area contributed by atoms with Crippen LogP contribution in [0.5, 0.6) is 5.75 Å². The van der Waals surface area contributed by atoms with Crippen molar-refractivity contribution in [2.24, 2.45) is 0 Å². The Morgan fingerprint density at radius 1 is 1.08 bits per heavy atom. The van der Waals surface area contributed by atoms with Gasteiger partial charge in [0.05, 0.1) is 5.60 Å². The van der Waals surface area contributed by atoms with Gasteiger partial charge in [-0.1, -0.05) is 24.3 Å². The lowest BCUT2D eigenvalue weighted by molar-refractivity contribution is -0.274. The maximum absolute atomic E-state index is 12.3. The van der Waals surface area contributed by atoms with Crippen LogP contribution in [0.25, 0.3) is 0 Å². The van der Waals surface area contributed by atoms with Gasteiger partial charge in [0.2, 0.25) is 0 Å². The van der Waals surface area contributed by atoms with E-state index < -0.39 is 29.3 Å². The molecular weight excluding hydrogens is 351 g/mol. The van der Waals surface area contributed by atoms with Crippen LogP contribution in [0.15, 0.2) is 42.5 Å². The Hall–Kier alpha value is -2.58. The van der Waals surface area contributed by atoms with E-state index in [2.05, 4.69) is 10.1 Å². The molecule has 0 aromatic heterocycles. The fourth-order valence-corrected chi connectivity index (χ4v) is 2.85. The van der Waals surface area contributed by atoms with Crippen LogP contribution >= 0.6 is 0 Å². The van der Waals surface area contributed by atoms with Gasteiger partial charge in [0.25, 0.3) is 5.91 Å². The molecule has 26 heavy (non-hydrogen) atoms. The second-order valence-electron chi connectivity index (χ2n) is 6.56. The number of fused-ring (bicyclic) bond motifs is 1. The van der Waals surface area contributed by atoms with Gasteiger partial charge in [0, 0.05) is 16.7 Å². The molecule has 1 amide bonds. The smallest absolute Gasteiger partial charge is 0.406 e. The van der Waals surface area contributed by atoms with Crippen molar-refractivity contribution in [2.75, 3.05) is 0 Å². The van der Waals surface area contributed by atoms with E-state index in [4.69, 9.17) is 0 Å². The van der Waals surface area contributed by atoms with Crippen molar-refractivity contribution >= 4 is 5.91 Å². The first-order valence-corrected chi connectivity index (χ1v) is 7.69. The number of hydrogen-bond acceptors (Lipinski definition) is 4. The number of ether oxygens (including phenoxy) is 1. The van der Waals surface area contributed by atoms with Crippen LogP contribution in [0.2, 0.25) is 0 Å². The van der Waals surface area contributed by atoms with Crippen molar-refractivity contribution in [3.05, 3.63) is 64.7 Å². The second kappa shape index (κ2) is 5.72. The predicted octanol–water partition coefficient (Wildman–Crippen LogP) is 2.75. The molecule has 3 rings (SSSR count). The number of alkyl halides is 3. The van der Waals surface area contributed by atoms with Crippen LogP contribution in [0.3, 0.4) is 0 Å². The molecule has 5 nitrogen and oxygen atoms in total. The summed E-state index contributed by atoms with van der Waals surface area (Å²) in [7, 11) is 0. The van der Waals surface area contributed by atoms with E-state index in [0.717, 1.165) is 12.1 Å². The van der Waals surface area contributed by atoms with Crippen molar-refractivity contribution < 1.29 is 32.9 Å². The second-order valence-corrected chi connectivity index (χ2v) is 6.56. The van der Waals surface area contributed by atoms with Gasteiger partial charge in [-0.2, -0.15) is 0 Å². The van der Waals surface area contributed by atoms with Crippen molar-refractivity contribution in [1.82, 2.24) is 5.32 Å². The van der Waals surface area contributed by atoms with Crippen molar-refractivity contribution in [3.63, 3.8) is 0 Å². The fourth-order valence-electron chi connectivity index (χ4n) is 2.85. The average Bonchev–Trinajstić information content (AvgIpc) is 2.77. The quantitative estimate of drug-likeness (QED) is 0.780. The molecule has 1 aliphatic rings. The Labute approximate surface area is 147 Å². The van der Waals surface area contributed by atoms with Crippen LogP contribution in [0.4, 0.5) is 13.2 Å². The van der Waals surface area contributed by atoms with E-state index >= 15 is 0 Å². The number of rotatable bonds is 3. The highest BCUT2D eigenvalue weighted by Gasteiger charge is 2.43. The molecule has 1 heterocycles. The highest BCUT2D eigenvalue weighted by Crippen LogP contribution is 2.37. The first kappa shape index (κ1) is 18.2. The molecule has 0 spiro atoms. The van der Waals surface area contributed by atoms with Crippen LogP contribution in [0, 0.1) is 0 Å². The fraction of sp³-hybridized carbons (Fsp3) is 0.278. The Balaban J connectivity index is 1.99. The average molecular weight is 367 g/mol. The summed E-state index contributed by atoms with van der Waals surface area (Å²) >= 11 is 0. The molecule has 3 N–H and O–H groups in total. The number of hydrogen-bond donors (Lipinski definition) is 3. The maximum Gasteiger partial charge on any atom is 0.573 e. The third kappa shape index (κ3) is 3.25. The third-order valence-corrected chi connectivity index (χ3v) is 4.16. The summed E-state index contributed by atoms with van der Waals surface area (Å²) in [6.07, 6.45) is -4.82. The van der Waals surface area contributed by atoms with Gasteiger partial charge in [-0.15, -0.1) is 13.2 Å². The lowest BCUT2D eigenvalue weighted by Gasteiger charge is -2.25. The minimum absolute atomic E-state index is 0.176. The molecule has 0 fully saturated rings. The zero-order valence-electron chi connectivity index (χ0n) is 13.9. The molecule has 0 bridgehead atoms. The number of halogens is 3. The first-order valence-electron chi connectivity index (χ1n) is 7.69. The lowest BCUT2D eigenvalue weighted by Crippen LogP contribution is -2.40. The number of carbonyl (C=O) groups is 1. The Morgan fingerprint density at radius 3 is 2.23 bits per heavy atom. The molecule has 0 aliphatic carbocycles. The van der Waals surface area contributed by atoms with Gasteiger partial charge in [-0.3, -0.25) is 4.79 Å². The standard InChI is InChI=1S/C18H16F3NO4/c1-16(2,24)11-5-8-14-13(9-11)15(23)22-17(14,25)10-3-6-12(7-4-10)26-18(19,20)21/h3-9,24-25H,1-2H3,(H,22,23). The van der Waals surface area contributed by atoms with Crippen molar-refractivity contribution in [3.8, 4) is 5.75 Å². The molecule has 2 aromatic rings. The first-order chi connectivity index (χ1) is 11.9. The van der Waals surface area contributed by atoms with E-state index in [1.807, 2.05) is 0 Å². The van der Waals surface area contributed by atoms with Gasteiger partial charge in [0.15, 0.2) is 5.72 Å². The predicted molar refractivity (Wildman–Crippen MR) is 85.3 cm³/mol. The van der Waals surface area contributed by atoms with Crippen molar-refractivity contribution in [2.45, 2.75) is 31.5 Å². The van der Waals surface area contributed by atoms with E-state index in [-0.39, 0.29) is 16.7 Å². The van der Waals surface area contributed by atoms with E-state index in [0.29, 0.717) is 5.56 Å². The van der Waals surface area contributed by atoms with Gasteiger partial charge >= 0.3 is 6.36 Å². The number of aliphatic hydroxyl groups is 2. The van der Waals surface area contributed by atoms with Gasteiger partial charge < -0.3 is 20.3 Å². The highest BCUT2D eigenvalue weighted by molar-refractivity contribution is 6.00. The number of carbonyl (C=O) groups excluding carboxylic acids is 1. The monoisotopic (exact) mass is 367 g/mol. The summed E-state index contributed by atoms with van der Waals surface area (Å²) in [5, 5.41) is 23.5. The Morgan fingerprint density at radius 2 is 1.69 bits per heavy atom. The van der Waals surface area contributed by atoms with E-state index in [9.17, 15) is 28.2 Å². The molecule has 0 saturated heterocycles. The summed E-state index contributed by atoms with van der Waals surface area (Å²) in [4.78, 5) is 12.3. The Kier molecular flexibility index (Phi) is 4.01. The summed E-state index contributed by atoms with van der Waals surface area (Å²) in [5.41, 5.74) is -1.96. The van der Waals surface area contributed by atoms with Crippen LogP contribution < -0.4 is 10.1 Å². The van der Waals surface area contributed by atoms with Crippen LogP contribution in [-0.2, 0) is 11.3 Å². The number of amides is 1. The third-order valence-electron chi connectivity index (χ3n) is 4.16. The molecule has 1 unspecified atom stereocenters. The highest BCUT2D eigenvalue weighted by atomic mass is 19.4. The molecule has 1 aliphatic heterocycles. The molecule has 1 atom stereocenters. The molecule has 0 saturated carbocycles. The molecule has 8 heteroatoms.